The molecule has 0 saturated heterocycles. The second kappa shape index (κ2) is 16.0. The van der Waals surface area contributed by atoms with E-state index in [2.05, 4.69) is 9.88 Å². The van der Waals surface area contributed by atoms with Crippen LogP contribution in [-0.4, -0.2) is 93.8 Å². The molecule has 4 rings (SSSR count). The topological polar surface area (TPSA) is 169 Å². The van der Waals surface area contributed by atoms with Crippen LogP contribution in [0.1, 0.15) is 61.8 Å². The van der Waals surface area contributed by atoms with Gasteiger partial charge in [0.2, 0.25) is 10.0 Å². The van der Waals surface area contributed by atoms with Crippen LogP contribution in [-0.2, 0) is 24.8 Å². The van der Waals surface area contributed by atoms with Crippen LogP contribution in [0.5, 0.6) is 5.75 Å². The van der Waals surface area contributed by atoms with Gasteiger partial charge in [0.05, 0.1) is 35.3 Å². The predicted octanol–water partition coefficient (Wildman–Crippen LogP) is 4.35. The van der Waals surface area contributed by atoms with E-state index >= 15 is 0 Å². The van der Waals surface area contributed by atoms with Gasteiger partial charge in [0.25, 0.3) is 15.9 Å². The van der Waals surface area contributed by atoms with Crippen LogP contribution < -0.4 is 9.46 Å². The number of rotatable bonds is 9. The number of likely N-dealkylation sites (N-methyl/N-ethyl adjacent to an activating group) is 1. The normalized spacial score (nSPS) is 20.7. The van der Waals surface area contributed by atoms with Crippen LogP contribution in [0.3, 0.4) is 0 Å². The molecule has 2 heterocycles. The molecule has 0 spiro atoms. The summed E-state index contributed by atoms with van der Waals surface area (Å²) in [6.07, 6.45) is 1.05. The molecule has 1 aliphatic heterocycles. The third-order valence-electron chi connectivity index (χ3n) is 8.50. The lowest BCUT2D eigenvalue weighted by Crippen LogP contribution is -2.48. The van der Waals surface area contributed by atoms with Gasteiger partial charge in [-0.1, -0.05) is 12.1 Å². The number of carbonyl (C=O) groups is 1. The number of anilines is 1. The smallest absolute Gasteiger partial charge is 0.261 e. The summed E-state index contributed by atoms with van der Waals surface area (Å²) >= 11 is 0. The largest absolute Gasteiger partial charge is 0.490 e. The minimum Gasteiger partial charge on any atom is -0.490 e. The van der Waals surface area contributed by atoms with E-state index < -0.39 is 49.8 Å². The number of carbonyl (C=O) groups excluding carboxylic acids is 1. The molecule has 0 saturated carbocycles. The highest BCUT2D eigenvalue weighted by Crippen LogP contribution is 2.30. The Bertz CT molecular complexity index is 1800. The zero-order valence-electron chi connectivity index (χ0n) is 28.5. The van der Waals surface area contributed by atoms with Crippen molar-refractivity contribution in [3.05, 3.63) is 65.3 Å². The number of sulfonamides is 2. The van der Waals surface area contributed by atoms with E-state index in [0.29, 0.717) is 19.4 Å². The maximum Gasteiger partial charge on any atom is 0.261 e. The van der Waals surface area contributed by atoms with Crippen molar-refractivity contribution in [2.45, 2.75) is 81.9 Å². The van der Waals surface area contributed by atoms with E-state index in [1.807, 2.05) is 13.8 Å². The average Bonchev–Trinajstić information content (AvgIpc) is 3.40. The Balaban J connectivity index is 1.69. The maximum absolute atomic E-state index is 14.4. The standard InChI is InChI=1S/C33H45FN4O9S2/c1-21-18-38(22(2)20-39)33(40)29-17-27(36-48(41,42)28-13-10-26(34)11-14-28)12-15-30(29)46-23(3)9-7-8-16-45-31(21)19-37(6)49(43,44)32-24(4)35-47-25(32)5/h10-15,17,21-23,31,36,39H,7-9,16,18-20H2,1-6H3/t21-,22+,23+,31+/m0/s1. The number of halogens is 1. The average molecular weight is 725 g/mol. The van der Waals surface area contributed by atoms with Crippen molar-refractivity contribution in [2.75, 3.05) is 38.1 Å². The maximum atomic E-state index is 14.4. The zero-order valence-corrected chi connectivity index (χ0v) is 30.2. The van der Waals surface area contributed by atoms with Crippen molar-refractivity contribution in [1.82, 2.24) is 14.4 Å². The van der Waals surface area contributed by atoms with Gasteiger partial charge in [-0.25, -0.2) is 21.2 Å². The van der Waals surface area contributed by atoms with Crippen LogP contribution in [0.4, 0.5) is 10.1 Å². The summed E-state index contributed by atoms with van der Waals surface area (Å²) in [6, 6.07) is 8.02. The second-order valence-electron chi connectivity index (χ2n) is 12.5. The molecule has 1 amide bonds. The highest BCUT2D eigenvalue weighted by molar-refractivity contribution is 7.92. The first-order valence-corrected chi connectivity index (χ1v) is 19.0. The van der Waals surface area contributed by atoms with E-state index in [4.69, 9.17) is 14.0 Å². The van der Waals surface area contributed by atoms with Crippen LogP contribution in [0.25, 0.3) is 0 Å². The Labute approximate surface area is 287 Å². The van der Waals surface area contributed by atoms with Gasteiger partial charge in [0.15, 0.2) is 5.76 Å². The molecule has 3 aromatic rings. The molecule has 0 bridgehead atoms. The molecule has 0 radical (unpaired) electrons. The molecule has 49 heavy (non-hydrogen) atoms. The molecular weight excluding hydrogens is 680 g/mol. The SMILES string of the molecule is Cc1noc(C)c1S(=O)(=O)N(C)C[C@H]1OCCCC[C@@H](C)Oc2ccc(NS(=O)(=O)c3ccc(F)cc3)cc2C(=O)N([C@H](C)CO)C[C@@H]1C. The lowest BCUT2D eigenvalue weighted by atomic mass is 10.0. The number of benzene rings is 2. The molecule has 0 fully saturated rings. The monoisotopic (exact) mass is 724 g/mol. The Hall–Kier alpha value is -3.57. The van der Waals surface area contributed by atoms with E-state index in [9.17, 15) is 31.1 Å². The van der Waals surface area contributed by atoms with Gasteiger partial charge >= 0.3 is 0 Å². The number of aryl methyl sites for hydroxylation is 2. The summed E-state index contributed by atoms with van der Waals surface area (Å²) in [7, 11) is -6.67. The van der Waals surface area contributed by atoms with Crippen LogP contribution in [0.15, 0.2) is 56.8 Å². The number of hydrogen-bond acceptors (Lipinski definition) is 10. The first kappa shape index (κ1) is 38.2. The molecule has 0 unspecified atom stereocenters. The number of aliphatic hydroxyl groups excluding tert-OH is 1. The van der Waals surface area contributed by atoms with E-state index in [0.717, 1.165) is 30.7 Å². The number of fused-ring (bicyclic) bond motifs is 1. The predicted molar refractivity (Wildman–Crippen MR) is 180 cm³/mol. The number of nitrogens with one attached hydrogen (secondary N) is 1. The minimum atomic E-state index is -4.13. The van der Waals surface area contributed by atoms with Gasteiger partial charge in [0, 0.05) is 38.3 Å². The van der Waals surface area contributed by atoms with Gasteiger partial charge in [-0.2, -0.15) is 4.31 Å². The summed E-state index contributed by atoms with van der Waals surface area (Å²) in [5, 5.41) is 14.0. The van der Waals surface area contributed by atoms with Gasteiger partial charge in [-0.3, -0.25) is 9.52 Å². The zero-order chi connectivity index (χ0) is 36.1. The Kier molecular flexibility index (Phi) is 12.5. The number of ether oxygens (including phenoxy) is 2. The van der Waals surface area contributed by atoms with Crippen molar-refractivity contribution in [2.24, 2.45) is 5.92 Å². The summed E-state index contributed by atoms with van der Waals surface area (Å²) in [6.45, 7) is 8.44. The highest BCUT2D eigenvalue weighted by Gasteiger charge is 2.34. The van der Waals surface area contributed by atoms with Gasteiger partial charge < -0.3 is 24.0 Å². The fraction of sp³-hybridized carbons (Fsp3) is 0.515. The quantitative estimate of drug-likeness (QED) is 0.324. The molecule has 2 N–H and O–H groups in total. The van der Waals surface area contributed by atoms with Crippen LogP contribution in [0.2, 0.25) is 0 Å². The van der Waals surface area contributed by atoms with Crippen molar-refractivity contribution in [3.8, 4) is 5.75 Å². The molecule has 270 valence electrons. The number of hydrogen-bond donors (Lipinski definition) is 2. The van der Waals surface area contributed by atoms with Gasteiger partial charge in [-0.05, 0) is 89.4 Å². The molecule has 13 nitrogen and oxygen atoms in total. The lowest BCUT2D eigenvalue weighted by molar-refractivity contribution is -0.00835. The summed E-state index contributed by atoms with van der Waals surface area (Å²) in [5.74, 6) is -1.14. The fourth-order valence-electron chi connectivity index (χ4n) is 5.63. The first-order valence-electron chi connectivity index (χ1n) is 16.1. The van der Waals surface area contributed by atoms with Crippen molar-refractivity contribution < 1.29 is 45.1 Å². The van der Waals surface area contributed by atoms with Crippen molar-refractivity contribution in [3.63, 3.8) is 0 Å². The van der Waals surface area contributed by atoms with E-state index in [-0.39, 0.29) is 64.0 Å². The third kappa shape index (κ3) is 9.16. The highest BCUT2D eigenvalue weighted by atomic mass is 32.2. The molecule has 1 aliphatic rings. The molecule has 16 heteroatoms. The summed E-state index contributed by atoms with van der Waals surface area (Å²) in [5.41, 5.74) is 0.379. The second-order valence-corrected chi connectivity index (χ2v) is 16.2. The molecule has 1 aromatic heterocycles. The number of aromatic nitrogens is 1. The van der Waals surface area contributed by atoms with Crippen LogP contribution >= 0.6 is 0 Å². The summed E-state index contributed by atoms with van der Waals surface area (Å²) in [4.78, 5) is 15.6. The Morgan fingerprint density at radius 3 is 2.43 bits per heavy atom. The minimum absolute atomic E-state index is 0.00861. The fourth-order valence-corrected chi connectivity index (χ4v) is 8.14. The molecule has 0 aliphatic carbocycles. The Morgan fingerprint density at radius 2 is 1.80 bits per heavy atom. The first-order chi connectivity index (χ1) is 23.0. The van der Waals surface area contributed by atoms with Crippen molar-refractivity contribution in [1.29, 1.82) is 0 Å². The Morgan fingerprint density at radius 1 is 1.10 bits per heavy atom. The summed E-state index contributed by atoms with van der Waals surface area (Å²) < 4.78 is 88.0. The van der Waals surface area contributed by atoms with Gasteiger partial charge in [0.1, 0.15) is 22.2 Å². The van der Waals surface area contributed by atoms with Crippen molar-refractivity contribution >= 4 is 31.6 Å². The van der Waals surface area contributed by atoms with E-state index in [1.54, 1.807) is 13.8 Å². The molecular formula is C33H45FN4O9S2. The molecule has 2 aromatic carbocycles. The van der Waals surface area contributed by atoms with Crippen LogP contribution in [0, 0.1) is 25.6 Å². The number of aliphatic hydroxyl groups is 1. The third-order valence-corrected chi connectivity index (χ3v) is 12.0. The number of nitrogens with zero attached hydrogens (tertiary/aromatic N) is 3. The van der Waals surface area contributed by atoms with E-state index in [1.165, 1.54) is 41.4 Å². The lowest BCUT2D eigenvalue weighted by Gasteiger charge is -2.35. The molecule has 4 atom stereocenters. The number of amides is 1. The van der Waals surface area contributed by atoms with Gasteiger partial charge in [-0.15, -0.1) is 0 Å².